The predicted molar refractivity (Wildman–Crippen MR) is 90.5 cm³/mol. The molecular weight excluding hydrogens is 332 g/mol. The normalized spacial score (nSPS) is 10.9. The van der Waals surface area contributed by atoms with Crippen molar-refractivity contribution in [3.8, 4) is 11.4 Å². The first kappa shape index (κ1) is 15.9. The van der Waals surface area contributed by atoms with Crippen LogP contribution in [0.5, 0.6) is 0 Å². The molecule has 0 atom stereocenters. The van der Waals surface area contributed by atoms with Crippen LogP contribution in [0, 0.1) is 0 Å². The van der Waals surface area contributed by atoms with E-state index < -0.39 is 0 Å². The zero-order valence-electron chi connectivity index (χ0n) is 13.9. The Bertz CT molecular complexity index is 835. The summed E-state index contributed by atoms with van der Waals surface area (Å²) in [4.78, 5) is 2.80. The second-order valence-corrected chi connectivity index (χ2v) is 5.83. The highest BCUT2D eigenvalue weighted by molar-refractivity contribution is 5.33. The summed E-state index contributed by atoms with van der Waals surface area (Å²) in [6, 6.07) is 16.3. The van der Waals surface area contributed by atoms with Gasteiger partial charge in [-0.3, -0.25) is 0 Å². The van der Waals surface area contributed by atoms with Gasteiger partial charge in [-0.2, -0.15) is 0 Å². The average Bonchev–Trinajstić information content (AvgIpc) is 3.40. The Balaban J connectivity index is 1.25. The van der Waals surface area contributed by atoms with Crippen molar-refractivity contribution in [1.29, 1.82) is 0 Å². The van der Waals surface area contributed by atoms with Crippen LogP contribution >= 0.6 is 0 Å². The van der Waals surface area contributed by atoms with E-state index in [-0.39, 0.29) is 0 Å². The molecule has 4 aromatic rings. The third-order valence-corrected chi connectivity index (χ3v) is 4.09. The van der Waals surface area contributed by atoms with Crippen LogP contribution in [0.3, 0.4) is 0 Å². The van der Waals surface area contributed by atoms with Crippen LogP contribution in [0.2, 0.25) is 0 Å². The molecule has 4 rings (SSSR count). The molecule has 0 aliphatic carbocycles. The van der Waals surface area contributed by atoms with Gasteiger partial charge in [-0.05, 0) is 103 Å². The summed E-state index contributed by atoms with van der Waals surface area (Å²) in [5.41, 5.74) is 4.30. The molecule has 2 aromatic carbocycles. The fraction of sp³-hybridized carbons (Fsp3) is 0.250. The maximum Gasteiger partial charge on any atom is 0.0893 e. The molecule has 0 radical (unpaired) electrons. The van der Waals surface area contributed by atoms with Crippen molar-refractivity contribution in [1.82, 2.24) is 51.3 Å². The summed E-state index contributed by atoms with van der Waals surface area (Å²) in [5.74, 6) is 0. The van der Waals surface area contributed by atoms with Gasteiger partial charge in [0, 0.05) is 0 Å². The first-order valence-electron chi connectivity index (χ1n) is 8.30. The largest absolute Gasteiger partial charge is 0.111 e. The van der Waals surface area contributed by atoms with Gasteiger partial charge in [0.2, 0.25) is 0 Å². The second kappa shape index (κ2) is 7.55. The molecule has 10 nitrogen and oxygen atoms in total. The number of benzene rings is 2. The number of hydrogen-bond acceptors (Lipinski definition) is 8. The van der Waals surface area contributed by atoms with Gasteiger partial charge in [0.05, 0.1) is 11.4 Å². The van der Waals surface area contributed by atoms with E-state index in [0.717, 1.165) is 37.1 Å². The van der Waals surface area contributed by atoms with Crippen molar-refractivity contribution >= 4 is 0 Å². The van der Waals surface area contributed by atoms with Crippen LogP contribution in [0.15, 0.2) is 48.5 Å². The number of nitrogens with zero attached hydrogens (tertiary/aromatic N) is 10. The van der Waals surface area contributed by atoms with Crippen molar-refractivity contribution < 1.29 is 0 Å². The fourth-order valence-electron chi connectivity index (χ4n) is 2.72. The predicted octanol–water partition coefficient (Wildman–Crippen LogP) is 0.993. The first-order chi connectivity index (χ1) is 12.9. The minimum absolute atomic E-state index is 0.857. The molecule has 0 fully saturated rings. The highest BCUT2D eigenvalue weighted by Gasteiger charge is 2.02. The molecule has 0 saturated heterocycles. The summed E-state index contributed by atoms with van der Waals surface area (Å²) in [6.45, 7) is 0. The molecular formula is C16H16N10. The lowest BCUT2D eigenvalue weighted by Crippen LogP contribution is -1.99. The lowest BCUT2D eigenvalue weighted by molar-refractivity contribution is 0.707. The smallest absolute Gasteiger partial charge is 0.0893 e. The molecule has 26 heavy (non-hydrogen) atoms. The highest BCUT2D eigenvalue weighted by Crippen LogP contribution is 2.13. The average molecular weight is 348 g/mol. The molecule has 2 heterocycles. The minimum atomic E-state index is 0.857. The zero-order chi connectivity index (χ0) is 17.6. The monoisotopic (exact) mass is 348 g/mol. The number of unbranched alkanes of at least 4 members (excludes halogenated alkanes) is 1. The van der Waals surface area contributed by atoms with E-state index in [9.17, 15) is 0 Å². The lowest BCUT2D eigenvalue weighted by atomic mass is 10.0. The molecule has 0 spiro atoms. The Morgan fingerprint density at radius 1 is 0.500 bits per heavy atom. The molecule has 130 valence electrons. The third-order valence-electron chi connectivity index (χ3n) is 4.09. The van der Waals surface area contributed by atoms with E-state index in [1.54, 1.807) is 0 Å². The first-order valence-corrected chi connectivity index (χ1v) is 8.30. The summed E-state index contributed by atoms with van der Waals surface area (Å²) in [6.07, 6.45) is 4.32. The van der Waals surface area contributed by atoms with Crippen LogP contribution in [0.4, 0.5) is 0 Å². The Morgan fingerprint density at radius 2 is 0.846 bits per heavy atom. The highest BCUT2D eigenvalue weighted by atomic mass is 15.7. The van der Waals surface area contributed by atoms with E-state index in [4.69, 9.17) is 0 Å². The van der Waals surface area contributed by atoms with Crippen LogP contribution in [-0.2, 0) is 12.8 Å². The van der Waals surface area contributed by atoms with Gasteiger partial charge in [-0.15, -0.1) is 9.59 Å². The standard InChI is InChI=1S/C16H16N10/c1(3-13-5-9-15(10-6-13)25-21-17-18-22-25)2-4-14-7-11-16(12-8-14)26-23-19-20-24-26/h5-12H,1-4H2. The van der Waals surface area contributed by atoms with Crippen LogP contribution in [0.25, 0.3) is 11.4 Å². The molecule has 0 aliphatic heterocycles. The maximum absolute atomic E-state index is 3.78. The molecule has 0 N–H and O–H groups in total. The van der Waals surface area contributed by atoms with E-state index in [1.807, 2.05) is 24.3 Å². The summed E-state index contributed by atoms with van der Waals surface area (Å²) in [7, 11) is 0. The Hall–Kier alpha value is -3.56. The quantitative estimate of drug-likeness (QED) is 0.454. The summed E-state index contributed by atoms with van der Waals surface area (Å²) >= 11 is 0. The van der Waals surface area contributed by atoms with Crippen molar-refractivity contribution in [2.45, 2.75) is 25.7 Å². The van der Waals surface area contributed by atoms with Crippen molar-refractivity contribution in [3.63, 3.8) is 0 Å². The molecule has 0 unspecified atom stereocenters. The number of aromatic nitrogens is 10. The summed E-state index contributed by atoms with van der Waals surface area (Å²) in [5, 5.41) is 29.0. The Labute approximate surface area is 148 Å². The number of rotatable bonds is 7. The third kappa shape index (κ3) is 3.74. The molecule has 0 bridgehead atoms. The zero-order valence-corrected chi connectivity index (χ0v) is 13.9. The Morgan fingerprint density at radius 3 is 1.19 bits per heavy atom. The van der Waals surface area contributed by atoms with Gasteiger partial charge in [0.15, 0.2) is 0 Å². The van der Waals surface area contributed by atoms with Crippen molar-refractivity contribution in [2.75, 3.05) is 0 Å². The van der Waals surface area contributed by atoms with E-state index in [2.05, 4.69) is 66.0 Å². The van der Waals surface area contributed by atoms with Crippen LogP contribution in [-0.4, -0.2) is 51.3 Å². The van der Waals surface area contributed by atoms with E-state index in [0.29, 0.717) is 0 Å². The molecule has 0 amide bonds. The molecule has 2 aromatic heterocycles. The van der Waals surface area contributed by atoms with Crippen molar-refractivity contribution in [3.05, 3.63) is 59.7 Å². The van der Waals surface area contributed by atoms with E-state index >= 15 is 0 Å². The fourth-order valence-corrected chi connectivity index (χ4v) is 2.72. The number of hydrogen-bond donors (Lipinski definition) is 0. The van der Waals surface area contributed by atoms with Gasteiger partial charge in [-0.1, -0.05) is 24.3 Å². The number of aryl methyl sites for hydroxylation is 2. The van der Waals surface area contributed by atoms with E-state index in [1.165, 1.54) is 20.7 Å². The summed E-state index contributed by atoms with van der Waals surface area (Å²) < 4.78 is 0. The van der Waals surface area contributed by atoms with Gasteiger partial charge in [0.1, 0.15) is 0 Å². The van der Waals surface area contributed by atoms with Crippen molar-refractivity contribution in [2.24, 2.45) is 0 Å². The van der Waals surface area contributed by atoms with Crippen LogP contribution in [0.1, 0.15) is 24.0 Å². The van der Waals surface area contributed by atoms with Crippen LogP contribution < -0.4 is 0 Å². The molecule has 10 heteroatoms. The van der Waals surface area contributed by atoms with Gasteiger partial charge in [0.25, 0.3) is 0 Å². The maximum atomic E-state index is 3.78. The second-order valence-electron chi connectivity index (χ2n) is 5.83. The lowest BCUT2D eigenvalue weighted by Gasteiger charge is -2.05. The SMILES string of the molecule is c1cc(-n2nnnn2)ccc1CCCCc1ccc(-n2nnnn2)cc1. The topological polar surface area (TPSA) is 113 Å². The van der Waals surface area contributed by atoms with Gasteiger partial charge < -0.3 is 0 Å². The van der Waals surface area contributed by atoms with Gasteiger partial charge >= 0.3 is 0 Å². The Kier molecular flexibility index (Phi) is 4.63. The molecule has 0 saturated carbocycles. The minimum Gasteiger partial charge on any atom is -0.111 e. The van der Waals surface area contributed by atoms with Gasteiger partial charge in [-0.25, -0.2) is 0 Å². The molecule has 0 aliphatic rings.